The maximum atomic E-state index is 13.7. The molecule has 11 heteroatoms. The van der Waals surface area contributed by atoms with Gasteiger partial charge in [0.1, 0.15) is 30.5 Å². The number of nitrogens with zero attached hydrogens (tertiary/aromatic N) is 1. The predicted octanol–water partition coefficient (Wildman–Crippen LogP) is 4.57. The number of esters is 1. The van der Waals surface area contributed by atoms with Crippen molar-refractivity contribution in [2.75, 3.05) is 20.3 Å². The van der Waals surface area contributed by atoms with E-state index in [1.165, 1.54) is 12.0 Å². The number of nitrogens with one attached hydrogen (secondary N) is 2. The van der Waals surface area contributed by atoms with E-state index in [0.29, 0.717) is 13.0 Å². The van der Waals surface area contributed by atoms with Crippen LogP contribution in [0.1, 0.15) is 79.7 Å². The Kier molecular flexibility index (Phi) is 13.1. The van der Waals surface area contributed by atoms with Gasteiger partial charge in [0.25, 0.3) is 0 Å². The molecule has 1 saturated heterocycles. The van der Waals surface area contributed by atoms with Crippen molar-refractivity contribution in [3.8, 4) is 0 Å². The highest BCUT2D eigenvalue weighted by Crippen LogP contribution is 2.33. The molecule has 0 aromatic heterocycles. The second kappa shape index (κ2) is 15.8. The first-order valence-electron chi connectivity index (χ1n) is 14.6. The number of hydrogen-bond donors (Lipinski definition) is 2. The van der Waals surface area contributed by atoms with E-state index in [2.05, 4.69) is 10.6 Å². The molecule has 1 unspecified atom stereocenters. The first-order valence-corrected chi connectivity index (χ1v) is 14.6. The van der Waals surface area contributed by atoms with E-state index in [1.807, 2.05) is 37.3 Å². The summed E-state index contributed by atoms with van der Waals surface area (Å²) < 4.78 is 21.8. The Labute approximate surface area is 250 Å². The molecule has 1 aromatic carbocycles. The fraction of sp³-hybridized carbons (Fsp3) is 0.677. The minimum absolute atomic E-state index is 0.0623. The van der Waals surface area contributed by atoms with Gasteiger partial charge in [-0.05, 0) is 65.9 Å². The van der Waals surface area contributed by atoms with Gasteiger partial charge in [-0.25, -0.2) is 14.4 Å². The molecule has 0 spiro atoms. The SMILES string of the molecule is CCCC(CNC(=O)COC)C[C@@H]1[C@H](NC(=O)OCc2ccccc2)C[C@H](C(=O)OC(C)(C)C)N1C(=O)OC(C)(C)C. The highest BCUT2D eigenvalue weighted by molar-refractivity contribution is 5.83. The fourth-order valence-corrected chi connectivity index (χ4v) is 4.94. The Hall–Kier alpha value is -3.34. The van der Waals surface area contributed by atoms with E-state index >= 15 is 0 Å². The highest BCUT2D eigenvalue weighted by Gasteiger charge is 2.51. The second-order valence-electron chi connectivity index (χ2n) is 12.7. The number of methoxy groups -OCH3 is 1. The summed E-state index contributed by atoms with van der Waals surface area (Å²) in [5.41, 5.74) is -0.785. The lowest BCUT2D eigenvalue weighted by Crippen LogP contribution is -2.52. The monoisotopic (exact) mass is 591 g/mol. The maximum Gasteiger partial charge on any atom is 0.411 e. The average molecular weight is 592 g/mol. The molecule has 42 heavy (non-hydrogen) atoms. The molecule has 11 nitrogen and oxygen atoms in total. The van der Waals surface area contributed by atoms with Crippen molar-refractivity contribution in [3.05, 3.63) is 35.9 Å². The van der Waals surface area contributed by atoms with Crippen molar-refractivity contribution in [1.29, 1.82) is 0 Å². The van der Waals surface area contributed by atoms with Crippen LogP contribution in [0, 0.1) is 5.92 Å². The molecular weight excluding hydrogens is 542 g/mol. The lowest BCUT2D eigenvalue weighted by Gasteiger charge is -2.35. The van der Waals surface area contributed by atoms with Crippen LogP contribution in [0.2, 0.25) is 0 Å². The van der Waals surface area contributed by atoms with Crippen LogP contribution >= 0.6 is 0 Å². The Balaban J connectivity index is 2.39. The molecule has 4 atom stereocenters. The number of likely N-dealkylation sites (tertiary alicyclic amines) is 1. The number of alkyl carbamates (subject to hydrolysis) is 1. The standard InChI is InChI=1S/C31H49N3O8/c1-9-13-22(18-32-26(35)20-39-8)16-24-23(33-28(37)40-19-21-14-11-10-12-15-21)17-25(27(36)41-30(2,3)4)34(24)29(38)42-31(5,6)7/h10-12,14-15,22-25H,9,13,16-20H2,1-8H3,(H,32,35)(H,33,37)/t22?,23-,24-,25-/m1/s1. The lowest BCUT2D eigenvalue weighted by atomic mass is 9.91. The molecule has 0 saturated carbocycles. The van der Waals surface area contributed by atoms with Gasteiger partial charge >= 0.3 is 18.2 Å². The van der Waals surface area contributed by atoms with E-state index in [0.717, 1.165) is 18.4 Å². The smallest absolute Gasteiger partial charge is 0.411 e. The summed E-state index contributed by atoms with van der Waals surface area (Å²) >= 11 is 0. The predicted molar refractivity (Wildman–Crippen MR) is 158 cm³/mol. The molecule has 236 valence electrons. The quantitative estimate of drug-likeness (QED) is 0.267. The summed E-state index contributed by atoms with van der Waals surface area (Å²) in [5, 5.41) is 5.78. The largest absolute Gasteiger partial charge is 0.458 e. The van der Waals surface area contributed by atoms with Crippen LogP contribution < -0.4 is 10.6 Å². The Morgan fingerprint density at radius 1 is 1.00 bits per heavy atom. The first-order chi connectivity index (χ1) is 19.6. The molecule has 0 aliphatic carbocycles. The van der Waals surface area contributed by atoms with Crippen LogP contribution in [0.3, 0.4) is 0 Å². The number of carbonyl (C=O) groups excluding carboxylic acids is 4. The van der Waals surface area contributed by atoms with E-state index in [9.17, 15) is 19.2 Å². The van der Waals surface area contributed by atoms with Gasteiger partial charge in [0, 0.05) is 20.1 Å². The molecule has 0 radical (unpaired) electrons. The molecule has 0 bridgehead atoms. The van der Waals surface area contributed by atoms with Gasteiger partial charge in [-0.1, -0.05) is 43.7 Å². The van der Waals surface area contributed by atoms with Gasteiger partial charge in [0.2, 0.25) is 5.91 Å². The van der Waals surface area contributed by atoms with E-state index in [4.69, 9.17) is 18.9 Å². The molecule has 1 heterocycles. The van der Waals surface area contributed by atoms with E-state index in [1.54, 1.807) is 41.5 Å². The van der Waals surface area contributed by atoms with Crippen molar-refractivity contribution in [2.45, 2.75) is 110 Å². The van der Waals surface area contributed by atoms with Gasteiger partial charge in [-0.3, -0.25) is 9.69 Å². The normalized spacial score (nSPS) is 19.5. The van der Waals surface area contributed by atoms with Crippen LogP contribution in [0.4, 0.5) is 9.59 Å². The minimum atomic E-state index is -0.992. The number of benzene rings is 1. The summed E-state index contributed by atoms with van der Waals surface area (Å²) in [7, 11) is 1.45. The molecular formula is C31H49N3O8. The Morgan fingerprint density at radius 3 is 2.21 bits per heavy atom. The second-order valence-corrected chi connectivity index (χ2v) is 12.7. The number of rotatable bonds is 12. The van der Waals surface area contributed by atoms with Gasteiger partial charge in [0.05, 0.1) is 12.1 Å². The van der Waals surface area contributed by atoms with Crippen molar-refractivity contribution in [2.24, 2.45) is 5.92 Å². The zero-order chi connectivity index (χ0) is 31.5. The lowest BCUT2D eigenvalue weighted by molar-refractivity contribution is -0.160. The summed E-state index contributed by atoms with van der Waals surface area (Å²) in [6, 6.07) is 7.03. The molecule has 1 aliphatic heterocycles. The minimum Gasteiger partial charge on any atom is -0.458 e. The summed E-state index contributed by atoms with van der Waals surface area (Å²) in [6.45, 7) is 12.9. The van der Waals surface area contributed by atoms with Crippen molar-refractivity contribution >= 4 is 24.1 Å². The number of carbonyl (C=O) groups is 4. The van der Waals surface area contributed by atoms with Gasteiger partial charge in [-0.2, -0.15) is 0 Å². The van der Waals surface area contributed by atoms with Crippen molar-refractivity contribution in [1.82, 2.24) is 15.5 Å². The molecule has 2 N–H and O–H groups in total. The molecule has 1 fully saturated rings. The maximum absolute atomic E-state index is 13.7. The Bertz CT molecular complexity index is 1030. The topological polar surface area (TPSA) is 132 Å². The zero-order valence-corrected chi connectivity index (χ0v) is 26.4. The van der Waals surface area contributed by atoms with Gasteiger partial charge in [0.15, 0.2) is 0 Å². The fourth-order valence-electron chi connectivity index (χ4n) is 4.94. The van der Waals surface area contributed by atoms with Crippen LogP contribution in [-0.4, -0.2) is 78.6 Å². The molecule has 1 aromatic rings. The molecule has 3 amide bonds. The van der Waals surface area contributed by atoms with Crippen molar-refractivity contribution in [3.63, 3.8) is 0 Å². The van der Waals surface area contributed by atoms with Gasteiger partial charge < -0.3 is 29.6 Å². The summed E-state index contributed by atoms with van der Waals surface area (Å²) in [4.78, 5) is 53.6. The number of ether oxygens (including phenoxy) is 4. The number of amides is 3. The summed E-state index contributed by atoms with van der Waals surface area (Å²) in [5.74, 6) is -0.895. The average Bonchev–Trinajstić information content (AvgIpc) is 3.23. The Morgan fingerprint density at radius 2 is 1.64 bits per heavy atom. The van der Waals surface area contributed by atoms with Crippen LogP contribution in [0.15, 0.2) is 30.3 Å². The summed E-state index contributed by atoms with van der Waals surface area (Å²) in [6.07, 6.45) is 0.745. The molecule has 2 rings (SSSR count). The van der Waals surface area contributed by atoms with E-state index < -0.39 is 47.5 Å². The van der Waals surface area contributed by atoms with Crippen LogP contribution in [0.5, 0.6) is 0 Å². The van der Waals surface area contributed by atoms with Gasteiger partial charge in [-0.15, -0.1) is 0 Å². The van der Waals surface area contributed by atoms with Crippen molar-refractivity contribution < 1.29 is 38.1 Å². The third-order valence-corrected chi connectivity index (χ3v) is 6.57. The molecule has 1 aliphatic rings. The van der Waals surface area contributed by atoms with Crippen LogP contribution in [-0.2, 0) is 35.1 Å². The number of hydrogen-bond acceptors (Lipinski definition) is 8. The van der Waals surface area contributed by atoms with E-state index in [-0.39, 0.29) is 31.5 Å². The van der Waals surface area contributed by atoms with Crippen LogP contribution in [0.25, 0.3) is 0 Å². The third kappa shape index (κ3) is 11.9. The third-order valence-electron chi connectivity index (χ3n) is 6.57. The highest BCUT2D eigenvalue weighted by atomic mass is 16.6. The zero-order valence-electron chi connectivity index (χ0n) is 26.4. The first kappa shape index (κ1) is 34.9.